The van der Waals surface area contributed by atoms with E-state index in [-0.39, 0.29) is 11.8 Å². The maximum absolute atomic E-state index is 12.6. The molecule has 5 heteroatoms. The van der Waals surface area contributed by atoms with Gasteiger partial charge in [-0.15, -0.1) is 0 Å². The number of carbonyl (C=O) groups excluding carboxylic acids is 2. The molecule has 0 saturated heterocycles. The maximum Gasteiger partial charge on any atom is 0.267 e. The van der Waals surface area contributed by atoms with Crippen molar-refractivity contribution in [3.05, 3.63) is 54.1 Å². The smallest absolute Gasteiger partial charge is 0.267 e. The predicted octanol–water partition coefficient (Wildman–Crippen LogP) is 4.24. The summed E-state index contributed by atoms with van der Waals surface area (Å²) in [5, 5.41) is 2.89. The Balaban J connectivity index is 1.83. The summed E-state index contributed by atoms with van der Waals surface area (Å²) >= 11 is 0. The first-order valence-electron chi connectivity index (χ1n) is 9.08. The van der Waals surface area contributed by atoms with E-state index >= 15 is 0 Å². The van der Waals surface area contributed by atoms with E-state index in [0.29, 0.717) is 23.5 Å². The van der Waals surface area contributed by atoms with Gasteiger partial charge >= 0.3 is 0 Å². The normalized spacial score (nSPS) is 16.0. The lowest BCUT2D eigenvalue weighted by molar-refractivity contribution is -0.125. The average Bonchev–Trinajstić information content (AvgIpc) is 2.66. The molecule has 2 aromatic rings. The maximum atomic E-state index is 12.6. The summed E-state index contributed by atoms with van der Waals surface area (Å²) in [7, 11) is 0. The van der Waals surface area contributed by atoms with Crippen molar-refractivity contribution >= 4 is 23.2 Å². The van der Waals surface area contributed by atoms with Gasteiger partial charge in [0.05, 0.1) is 5.69 Å². The Hall–Kier alpha value is -2.82. The molecule has 0 radical (unpaired) electrons. The van der Waals surface area contributed by atoms with E-state index in [1.165, 1.54) is 0 Å². The summed E-state index contributed by atoms with van der Waals surface area (Å²) in [6, 6.07) is 14.5. The molecular weight excluding hydrogens is 328 g/mol. The molecule has 26 heavy (non-hydrogen) atoms. The Kier molecular flexibility index (Phi) is 5.56. The second kappa shape index (κ2) is 8.04. The van der Waals surface area contributed by atoms with Crippen molar-refractivity contribution in [2.45, 2.75) is 39.2 Å². The van der Waals surface area contributed by atoms with Crippen LogP contribution in [0.3, 0.4) is 0 Å². The van der Waals surface area contributed by atoms with Crippen molar-refractivity contribution in [1.29, 1.82) is 0 Å². The Morgan fingerprint density at radius 3 is 2.65 bits per heavy atom. The molecule has 1 aliphatic rings. The lowest BCUT2D eigenvalue weighted by Gasteiger charge is -2.33. The van der Waals surface area contributed by atoms with Crippen LogP contribution in [0, 0.1) is 0 Å². The van der Waals surface area contributed by atoms with Gasteiger partial charge in [-0.2, -0.15) is 0 Å². The molecule has 1 N–H and O–H groups in total. The van der Waals surface area contributed by atoms with Gasteiger partial charge in [0.2, 0.25) is 0 Å². The van der Waals surface area contributed by atoms with Gasteiger partial charge in [0.1, 0.15) is 5.75 Å². The molecule has 0 fully saturated rings. The fourth-order valence-corrected chi connectivity index (χ4v) is 3.03. The molecular formula is C21H24N2O3. The molecule has 1 atom stereocenters. The SMILES string of the molecule is CCCCCN1C(=O)C(C)Oc2ccc(NC(=O)c3ccccc3)cc21. The Morgan fingerprint density at radius 1 is 1.15 bits per heavy atom. The lowest BCUT2D eigenvalue weighted by atomic mass is 10.1. The minimum Gasteiger partial charge on any atom is -0.479 e. The van der Waals surface area contributed by atoms with E-state index in [9.17, 15) is 9.59 Å². The number of nitrogens with zero attached hydrogens (tertiary/aromatic N) is 1. The van der Waals surface area contributed by atoms with Gasteiger partial charge in [0.25, 0.3) is 11.8 Å². The number of benzene rings is 2. The molecule has 3 rings (SSSR count). The molecule has 136 valence electrons. The molecule has 1 aliphatic heterocycles. The highest BCUT2D eigenvalue weighted by Crippen LogP contribution is 2.36. The number of hydrogen-bond acceptors (Lipinski definition) is 3. The van der Waals surface area contributed by atoms with Crippen LogP contribution in [0.15, 0.2) is 48.5 Å². The first-order valence-corrected chi connectivity index (χ1v) is 9.08. The summed E-state index contributed by atoms with van der Waals surface area (Å²) in [5.41, 5.74) is 1.95. The van der Waals surface area contributed by atoms with Crippen molar-refractivity contribution in [2.75, 3.05) is 16.8 Å². The summed E-state index contributed by atoms with van der Waals surface area (Å²) in [4.78, 5) is 26.7. The zero-order valence-corrected chi connectivity index (χ0v) is 15.2. The fourth-order valence-electron chi connectivity index (χ4n) is 3.03. The molecule has 1 heterocycles. The summed E-state index contributed by atoms with van der Waals surface area (Å²) in [6.45, 7) is 4.56. The molecule has 5 nitrogen and oxygen atoms in total. The number of nitrogens with one attached hydrogen (secondary N) is 1. The van der Waals surface area contributed by atoms with E-state index in [1.54, 1.807) is 30.0 Å². The summed E-state index contributed by atoms with van der Waals surface area (Å²) < 4.78 is 5.72. The Morgan fingerprint density at radius 2 is 1.92 bits per heavy atom. The van der Waals surface area contributed by atoms with Crippen LogP contribution in [0.4, 0.5) is 11.4 Å². The third kappa shape index (κ3) is 3.87. The van der Waals surface area contributed by atoms with Crippen molar-refractivity contribution in [1.82, 2.24) is 0 Å². The van der Waals surface area contributed by atoms with Crippen LogP contribution in [-0.4, -0.2) is 24.5 Å². The standard InChI is InChI=1S/C21H24N2O3/c1-3-4-8-13-23-18-14-17(11-12-19(18)26-15(2)21(23)25)22-20(24)16-9-6-5-7-10-16/h5-7,9-12,14-15H,3-4,8,13H2,1-2H3,(H,22,24). The van der Waals surface area contributed by atoms with Crippen molar-refractivity contribution in [3.63, 3.8) is 0 Å². The third-order valence-corrected chi connectivity index (χ3v) is 4.45. The third-order valence-electron chi connectivity index (χ3n) is 4.45. The first-order chi connectivity index (χ1) is 12.6. The van der Waals surface area contributed by atoms with Crippen LogP contribution < -0.4 is 15.0 Å². The molecule has 0 aromatic heterocycles. The van der Waals surface area contributed by atoms with Crippen LogP contribution in [0.2, 0.25) is 0 Å². The van der Waals surface area contributed by atoms with Crippen LogP contribution in [0.5, 0.6) is 5.75 Å². The van der Waals surface area contributed by atoms with Crippen LogP contribution >= 0.6 is 0 Å². The fraction of sp³-hybridized carbons (Fsp3) is 0.333. The van der Waals surface area contributed by atoms with Gasteiger partial charge in [-0.3, -0.25) is 9.59 Å². The van der Waals surface area contributed by atoms with E-state index in [0.717, 1.165) is 24.9 Å². The number of anilines is 2. The Labute approximate surface area is 154 Å². The van der Waals surface area contributed by atoms with Crippen LogP contribution in [0.25, 0.3) is 0 Å². The van der Waals surface area contributed by atoms with E-state index in [1.807, 2.05) is 30.3 Å². The highest BCUT2D eigenvalue weighted by Gasteiger charge is 2.31. The Bertz CT molecular complexity index is 789. The highest BCUT2D eigenvalue weighted by molar-refractivity contribution is 6.05. The number of unbranched alkanes of at least 4 members (excludes halogenated alkanes) is 2. The number of amides is 2. The molecule has 0 spiro atoms. The molecule has 0 bridgehead atoms. The van der Waals surface area contributed by atoms with E-state index in [2.05, 4.69) is 12.2 Å². The second-order valence-electron chi connectivity index (χ2n) is 6.46. The van der Waals surface area contributed by atoms with Crippen molar-refractivity contribution in [2.24, 2.45) is 0 Å². The van der Waals surface area contributed by atoms with Crippen molar-refractivity contribution < 1.29 is 14.3 Å². The quantitative estimate of drug-likeness (QED) is 0.791. The van der Waals surface area contributed by atoms with Gasteiger partial charge in [-0.05, 0) is 43.7 Å². The van der Waals surface area contributed by atoms with Gasteiger partial charge in [-0.1, -0.05) is 38.0 Å². The van der Waals surface area contributed by atoms with Crippen LogP contribution in [-0.2, 0) is 4.79 Å². The molecule has 0 saturated carbocycles. The molecule has 1 unspecified atom stereocenters. The summed E-state index contributed by atoms with van der Waals surface area (Å²) in [6.07, 6.45) is 2.61. The minimum absolute atomic E-state index is 0.0415. The van der Waals surface area contributed by atoms with E-state index < -0.39 is 6.10 Å². The molecule has 2 aromatic carbocycles. The number of carbonyl (C=O) groups is 2. The number of rotatable bonds is 6. The average molecular weight is 352 g/mol. The zero-order chi connectivity index (χ0) is 18.5. The minimum atomic E-state index is -0.492. The van der Waals surface area contributed by atoms with E-state index in [4.69, 9.17) is 4.74 Å². The highest BCUT2D eigenvalue weighted by atomic mass is 16.5. The monoisotopic (exact) mass is 352 g/mol. The predicted molar refractivity (Wildman–Crippen MR) is 103 cm³/mol. The zero-order valence-electron chi connectivity index (χ0n) is 15.2. The topological polar surface area (TPSA) is 58.6 Å². The number of fused-ring (bicyclic) bond motifs is 1. The largest absolute Gasteiger partial charge is 0.479 e. The van der Waals surface area contributed by atoms with Crippen molar-refractivity contribution in [3.8, 4) is 5.75 Å². The van der Waals surface area contributed by atoms with Gasteiger partial charge < -0.3 is 15.0 Å². The second-order valence-corrected chi connectivity index (χ2v) is 6.46. The van der Waals surface area contributed by atoms with Gasteiger partial charge in [0, 0.05) is 17.8 Å². The van der Waals surface area contributed by atoms with Gasteiger partial charge in [0.15, 0.2) is 6.10 Å². The number of ether oxygens (including phenoxy) is 1. The first kappa shape index (κ1) is 18.0. The molecule has 0 aliphatic carbocycles. The lowest BCUT2D eigenvalue weighted by Crippen LogP contribution is -2.44. The van der Waals surface area contributed by atoms with Crippen LogP contribution in [0.1, 0.15) is 43.5 Å². The van der Waals surface area contributed by atoms with Gasteiger partial charge in [-0.25, -0.2) is 0 Å². The summed E-state index contributed by atoms with van der Waals surface area (Å²) in [5.74, 6) is 0.450. The number of hydrogen-bond donors (Lipinski definition) is 1. The molecule has 2 amide bonds.